The molecule has 2 rings (SSSR count). The van der Waals surface area contributed by atoms with Crippen LogP contribution in [0.5, 0.6) is 0 Å². The Kier molecular flexibility index (Phi) is 5.66. The second kappa shape index (κ2) is 7.38. The molecule has 0 bridgehead atoms. The van der Waals surface area contributed by atoms with Gasteiger partial charge < -0.3 is 4.74 Å². The van der Waals surface area contributed by atoms with E-state index in [4.69, 9.17) is 4.74 Å². The number of carbonyl (C=O) groups excluding carboxylic acids is 1. The molecule has 9 heteroatoms. The molecule has 0 unspecified atom stereocenters. The van der Waals surface area contributed by atoms with Gasteiger partial charge in [0.2, 0.25) is 0 Å². The average molecular weight is 366 g/mol. The van der Waals surface area contributed by atoms with Crippen molar-refractivity contribution in [1.82, 2.24) is 19.1 Å². The first-order chi connectivity index (χ1) is 11.7. The van der Waals surface area contributed by atoms with Crippen LogP contribution in [0, 0.1) is 12.8 Å². The van der Waals surface area contributed by atoms with Crippen LogP contribution in [0.1, 0.15) is 26.6 Å². The Bertz CT molecular complexity index is 932. The van der Waals surface area contributed by atoms with Crippen LogP contribution >= 0.6 is 11.8 Å². The van der Waals surface area contributed by atoms with Gasteiger partial charge in [0.05, 0.1) is 7.11 Å². The van der Waals surface area contributed by atoms with Gasteiger partial charge in [-0.3, -0.25) is 18.7 Å². The predicted octanol–water partition coefficient (Wildman–Crippen LogP) is 1.11. The van der Waals surface area contributed by atoms with Crippen molar-refractivity contribution in [2.24, 2.45) is 13.0 Å². The van der Waals surface area contributed by atoms with Crippen LogP contribution in [-0.2, 0) is 23.1 Å². The van der Waals surface area contributed by atoms with Crippen molar-refractivity contribution in [3.8, 4) is 0 Å². The summed E-state index contributed by atoms with van der Waals surface area (Å²) in [6.45, 7) is 7.75. The molecule has 1 atom stereocenters. The highest BCUT2D eigenvalue weighted by Crippen LogP contribution is 2.27. The Labute approximate surface area is 149 Å². The van der Waals surface area contributed by atoms with Gasteiger partial charge in [0, 0.05) is 13.6 Å². The van der Waals surface area contributed by atoms with Crippen LogP contribution in [0.2, 0.25) is 0 Å². The third-order valence-electron chi connectivity index (χ3n) is 3.63. The summed E-state index contributed by atoms with van der Waals surface area (Å²) in [4.78, 5) is 45.6. The van der Waals surface area contributed by atoms with Gasteiger partial charge in [0.1, 0.15) is 21.5 Å². The number of thioether (sulfide) groups is 1. The minimum Gasteiger partial charge on any atom is -0.468 e. The zero-order chi connectivity index (χ0) is 18.9. The number of aromatic nitrogens is 4. The topological polar surface area (TPSA) is 96.1 Å². The lowest BCUT2D eigenvalue weighted by molar-refractivity contribution is -0.139. The van der Waals surface area contributed by atoms with E-state index in [1.165, 1.54) is 18.7 Å². The Hall–Kier alpha value is -2.16. The largest absolute Gasteiger partial charge is 0.468 e. The van der Waals surface area contributed by atoms with Crippen LogP contribution < -0.4 is 11.2 Å². The molecule has 0 aromatic carbocycles. The standard InChI is InChI=1S/C16H22N4O4S/c1-8(2)7-20-12-11(14(21)19(5)16(20)23)13(18-10(4)17-12)25-9(3)15(22)24-6/h8-9H,7H2,1-6H3/t9-/m1/s1. The first-order valence-corrected chi connectivity index (χ1v) is 8.78. The summed E-state index contributed by atoms with van der Waals surface area (Å²) in [5.41, 5.74) is -0.588. The predicted molar refractivity (Wildman–Crippen MR) is 95.9 cm³/mol. The summed E-state index contributed by atoms with van der Waals surface area (Å²) in [5, 5.41) is 0.0743. The second-order valence-corrected chi connectivity index (χ2v) is 7.54. The van der Waals surface area contributed by atoms with E-state index in [1.807, 2.05) is 13.8 Å². The van der Waals surface area contributed by atoms with E-state index in [0.29, 0.717) is 23.0 Å². The molecule has 0 saturated carbocycles. The third-order valence-corrected chi connectivity index (χ3v) is 4.69. The lowest BCUT2D eigenvalue weighted by Crippen LogP contribution is -2.39. The van der Waals surface area contributed by atoms with E-state index in [2.05, 4.69) is 9.97 Å². The number of methoxy groups -OCH3 is 1. The molecule has 0 N–H and O–H groups in total. The number of esters is 1. The van der Waals surface area contributed by atoms with E-state index >= 15 is 0 Å². The summed E-state index contributed by atoms with van der Waals surface area (Å²) < 4.78 is 7.28. The number of fused-ring (bicyclic) bond motifs is 1. The van der Waals surface area contributed by atoms with Crippen LogP contribution in [0.3, 0.4) is 0 Å². The van der Waals surface area contributed by atoms with E-state index in [0.717, 1.165) is 16.3 Å². The Balaban J connectivity index is 2.81. The van der Waals surface area contributed by atoms with Crippen LogP contribution in [0.4, 0.5) is 0 Å². The quantitative estimate of drug-likeness (QED) is 0.444. The molecular weight excluding hydrogens is 344 g/mol. The van der Waals surface area contributed by atoms with Gasteiger partial charge in [-0.2, -0.15) is 0 Å². The average Bonchev–Trinajstić information content (AvgIpc) is 2.55. The molecule has 0 saturated heterocycles. The molecular formula is C16H22N4O4S. The first kappa shape index (κ1) is 19.2. The Morgan fingerprint density at radius 2 is 1.88 bits per heavy atom. The molecule has 0 spiro atoms. The smallest absolute Gasteiger partial charge is 0.332 e. The van der Waals surface area contributed by atoms with Crippen molar-refractivity contribution in [1.29, 1.82) is 0 Å². The number of rotatable bonds is 5. The van der Waals surface area contributed by atoms with Gasteiger partial charge in [-0.15, -0.1) is 0 Å². The molecule has 0 aliphatic carbocycles. The fourth-order valence-electron chi connectivity index (χ4n) is 2.44. The number of aryl methyl sites for hydroxylation is 1. The normalized spacial score (nSPS) is 12.6. The summed E-state index contributed by atoms with van der Waals surface area (Å²) in [7, 11) is 2.74. The zero-order valence-corrected chi connectivity index (χ0v) is 16.0. The lowest BCUT2D eigenvalue weighted by atomic mass is 10.2. The molecule has 136 valence electrons. The van der Waals surface area contributed by atoms with Crippen molar-refractivity contribution in [2.75, 3.05) is 7.11 Å². The van der Waals surface area contributed by atoms with Gasteiger partial charge in [0.15, 0.2) is 5.65 Å². The minimum absolute atomic E-state index is 0.193. The Morgan fingerprint density at radius 1 is 1.24 bits per heavy atom. The molecule has 0 radical (unpaired) electrons. The summed E-state index contributed by atoms with van der Waals surface area (Å²) in [5.74, 6) is 0.206. The monoisotopic (exact) mass is 366 g/mol. The molecule has 2 heterocycles. The Morgan fingerprint density at radius 3 is 2.44 bits per heavy atom. The summed E-state index contributed by atoms with van der Waals surface area (Å²) >= 11 is 1.12. The SMILES string of the molecule is COC(=O)[C@@H](C)Sc1nc(C)nc2c1c(=O)n(C)c(=O)n2CC(C)C. The van der Waals surface area contributed by atoms with Crippen LogP contribution in [0.15, 0.2) is 14.6 Å². The summed E-state index contributed by atoms with van der Waals surface area (Å²) in [6, 6.07) is 0. The first-order valence-electron chi connectivity index (χ1n) is 7.90. The molecule has 2 aromatic rings. The molecule has 2 aromatic heterocycles. The zero-order valence-electron chi connectivity index (χ0n) is 15.2. The molecule has 8 nitrogen and oxygen atoms in total. The van der Waals surface area contributed by atoms with Crippen molar-refractivity contribution in [3.63, 3.8) is 0 Å². The van der Waals surface area contributed by atoms with E-state index in [1.54, 1.807) is 13.8 Å². The van der Waals surface area contributed by atoms with Crippen molar-refractivity contribution >= 4 is 28.8 Å². The highest BCUT2D eigenvalue weighted by Gasteiger charge is 2.22. The van der Waals surface area contributed by atoms with Crippen molar-refractivity contribution in [2.45, 2.75) is 44.5 Å². The maximum atomic E-state index is 12.7. The number of ether oxygens (including phenoxy) is 1. The van der Waals surface area contributed by atoms with Crippen LogP contribution in [-0.4, -0.2) is 37.4 Å². The number of carbonyl (C=O) groups is 1. The maximum Gasteiger partial charge on any atom is 0.332 e. The number of hydrogen-bond donors (Lipinski definition) is 0. The van der Waals surface area contributed by atoms with E-state index in [-0.39, 0.29) is 11.3 Å². The highest BCUT2D eigenvalue weighted by atomic mass is 32.2. The van der Waals surface area contributed by atoms with Gasteiger partial charge in [-0.05, 0) is 19.8 Å². The van der Waals surface area contributed by atoms with E-state index in [9.17, 15) is 14.4 Å². The molecule has 0 aliphatic rings. The fraction of sp³-hybridized carbons (Fsp3) is 0.562. The molecule has 0 aliphatic heterocycles. The van der Waals surface area contributed by atoms with E-state index < -0.39 is 22.5 Å². The minimum atomic E-state index is -0.544. The van der Waals surface area contributed by atoms with Gasteiger partial charge in [0.25, 0.3) is 5.56 Å². The highest BCUT2D eigenvalue weighted by molar-refractivity contribution is 8.00. The van der Waals surface area contributed by atoms with Crippen LogP contribution in [0.25, 0.3) is 11.0 Å². The molecule has 0 amide bonds. The van der Waals surface area contributed by atoms with Crippen molar-refractivity contribution < 1.29 is 9.53 Å². The maximum absolute atomic E-state index is 12.7. The molecule has 0 fully saturated rings. The number of nitrogens with zero attached hydrogens (tertiary/aromatic N) is 4. The van der Waals surface area contributed by atoms with Gasteiger partial charge in [-0.25, -0.2) is 14.8 Å². The summed E-state index contributed by atoms with van der Waals surface area (Å²) in [6.07, 6.45) is 0. The second-order valence-electron chi connectivity index (χ2n) is 6.21. The van der Waals surface area contributed by atoms with Crippen molar-refractivity contribution in [3.05, 3.63) is 26.7 Å². The lowest BCUT2D eigenvalue weighted by Gasteiger charge is -2.16. The third kappa shape index (κ3) is 3.76. The van der Waals surface area contributed by atoms with Gasteiger partial charge in [-0.1, -0.05) is 25.6 Å². The molecule has 25 heavy (non-hydrogen) atoms. The fourth-order valence-corrected chi connectivity index (χ4v) is 3.45. The van der Waals surface area contributed by atoms with Gasteiger partial charge >= 0.3 is 11.7 Å². The number of hydrogen-bond acceptors (Lipinski definition) is 7.